The van der Waals surface area contributed by atoms with E-state index in [-0.39, 0.29) is 16.2 Å². The second-order valence-corrected chi connectivity index (χ2v) is 8.05. The maximum absolute atomic E-state index is 12.2. The van der Waals surface area contributed by atoms with Crippen molar-refractivity contribution in [1.82, 2.24) is 0 Å². The summed E-state index contributed by atoms with van der Waals surface area (Å²) in [5.41, 5.74) is 7.09. The molecule has 116 valence electrons. The van der Waals surface area contributed by atoms with E-state index in [1.165, 1.54) is 6.07 Å². The Labute approximate surface area is 125 Å². The Morgan fingerprint density at radius 2 is 2.05 bits per heavy atom. The van der Waals surface area contributed by atoms with E-state index in [1.807, 2.05) is 6.92 Å². The third kappa shape index (κ3) is 3.63. The highest BCUT2D eigenvalue weighted by molar-refractivity contribution is 7.90. The maximum Gasteiger partial charge on any atom is 0.224 e. The molecule has 1 aliphatic rings. The van der Waals surface area contributed by atoms with Crippen molar-refractivity contribution in [3.63, 3.8) is 0 Å². The minimum atomic E-state index is -3.28. The average molecular weight is 310 g/mol. The smallest absolute Gasteiger partial charge is 0.224 e. The number of aryl methyl sites for hydroxylation is 1. The molecule has 1 aromatic rings. The lowest BCUT2D eigenvalue weighted by Crippen LogP contribution is -2.40. The number of hydrogen-bond acceptors (Lipinski definition) is 4. The van der Waals surface area contributed by atoms with Crippen molar-refractivity contribution < 1.29 is 13.2 Å². The molecule has 5 nitrogen and oxygen atoms in total. The van der Waals surface area contributed by atoms with Gasteiger partial charge in [-0.2, -0.15) is 0 Å². The van der Waals surface area contributed by atoms with Crippen LogP contribution in [0.5, 0.6) is 0 Å². The van der Waals surface area contributed by atoms with Gasteiger partial charge >= 0.3 is 0 Å². The largest absolute Gasteiger partial charge is 0.330 e. The molecule has 6 heteroatoms. The first kappa shape index (κ1) is 16.0. The number of carbonyl (C=O) groups excluding carboxylic acids is 1. The quantitative estimate of drug-likeness (QED) is 0.868. The molecule has 1 fully saturated rings. The predicted octanol–water partition coefficient (Wildman–Crippen LogP) is 1.86. The minimum Gasteiger partial charge on any atom is -0.330 e. The van der Waals surface area contributed by atoms with E-state index >= 15 is 0 Å². The number of hydrogen-bond donors (Lipinski definition) is 2. The van der Waals surface area contributed by atoms with Crippen molar-refractivity contribution in [2.45, 2.75) is 37.5 Å². The molecule has 0 heterocycles. The Morgan fingerprint density at radius 1 is 1.38 bits per heavy atom. The van der Waals surface area contributed by atoms with Gasteiger partial charge in [-0.05, 0) is 49.4 Å². The highest BCUT2D eigenvalue weighted by Gasteiger charge is 2.37. The van der Waals surface area contributed by atoms with Crippen molar-refractivity contribution in [2.24, 2.45) is 11.1 Å². The van der Waals surface area contributed by atoms with Crippen molar-refractivity contribution in [3.8, 4) is 0 Å². The van der Waals surface area contributed by atoms with Crippen LogP contribution in [0.3, 0.4) is 0 Å². The third-order valence-corrected chi connectivity index (χ3v) is 5.40. The number of nitrogens with two attached hydrogens (primary N) is 1. The number of sulfone groups is 1. The van der Waals surface area contributed by atoms with Crippen molar-refractivity contribution in [3.05, 3.63) is 23.8 Å². The Kier molecular flexibility index (Phi) is 4.39. The van der Waals surface area contributed by atoms with Crippen LogP contribution in [-0.4, -0.2) is 27.1 Å². The Morgan fingerprint density at radius 3 is 2.52 bits per heavy atom. The van der Waals surface area contributed by atoms with Crippen LogP contribution in [-0.2, 0) is 14.6 Å². The van der Waals surface area contributed by atoms with Gasteiger partial charge in [0.1, 0.15) is 0 Å². The molecule has 0 radical (unpaired) electrons. The number of nitrogens with one attached hydrogen (secondary N) is 1. The van der Waals surface area contributed by atoms with Crippen LogP contribution in [0.1, 0.15) is 31.2 Å². The monoisotopic (exact) mass is 310 g/mol. The summed E-state index contributed by atoms with van der Waals surface area (Å²) in [5.74, 6) is -0.103. The van der Waals surface area contributed by atoms with Crippen LogP contribution in [0.15, 0.2) is 23.1 Å². The van der Waals surface area contributed by atoms with Gasteiger partial charge in [-0.25, -0.2) is 8.42 Å². The van der Waals surface area contributed by atoms with E-state index in [4.69, 9.17) is 5.73 Å². The maximum atomic E-state index is 12.2. The minimum absolute atomic E-state index is 0.0631. The van der Waals surface area contributed by atoms with Crippen molar-refractivity contribution >= 4 is 21.4 Å². The second-order valence-electron chi connectivity index (χ2n) is 6.03. The summed E-state index contributed by atoms with van der Waals surface area (Å²) in [4.78, 5) is 12.4. The van der Waals surface area contributed by atoms with Gasteiger partial charge in [0.05, 0.1) is 4.90 Å². The van der Waals surface area contributed by atoms with E-state index in [1.54, 1.807) is 12.1 Å². The first-order valence-corrected chi connectivity index (χ1v) is 8.96. The van der Waals surface area contributed by atoms with Gasteiger partial charge in [-0.15, -0.1) is 0 Å². The molecule has 0 unspecified atom stereocenters. The fraction of sp³-hybridized carbons (Fsp3) is 0.533. The van der Waals surface area contributed by atoms with Crippen LogP contribution in [0, 0.1) is 12.3 Å². The van der Waals surface area contributed by atoms with Crippen LogP contribution in [0.4, 0.5) is 5.69 Å². The Hall–Kier alpha value is -1.40. The molecule has 1 aliphatic carbocycles. The summed E-state index contributed by atoms with van der Waals surface area (Å²) in [7, 11) is -3.28. The molecule has 0 saturated heterocycles. The highest BCUT2D eigenvalue weighted by Crippen LogP contribution is 2.43. The molecule has 21 heavy (non-hydrogen) atoms. The Balaban J connectivity index is 2.13. The van der Waals surface area contributed by atoms with E-state index in [9.17, 15) is 13.2 Å². The summed E-state index contributed by atoms with van der Waals surface area (Å²) in [6.07, 6.45) is 4.64. The van der Waals surface area contributed by atoms with Gasteiger partial charge < -0.3 is 11.1 Å². The molecule has 0 aromatic heterocycles. The molecule has 0 aliphatic heterocycles. The van der Waals surface area contributed by atoms with Gasteiger partial charge in [-0.1, -0.05) is 12.5 Å². The molecule has 0 bridgehead atoms. The number of rotatable bonds is 5. The van der Waals surface area contributed by atoms with Crippen molar-refractivity contribution in [1.29, 1.82) is 0 Å². The van der Waals surface area contributed by atoms with Gasteiger partial charge in [0.15, 0.2) is 9.84 Å². The summed E-state index contributed by atoms with van der Waals surface area (Å²) in [6, 6.07) is 4.76. The molecule has 2 rings (SSSR count). The SMILES string of the molecule is Cc1ccc(S(C)(=O)=O)cc1NC(=O)CC1(CN)CCC1. The van der Waals surface area contributed by atoms with Crippen molar-refractivity contribution in [2.75, 3.05) is 18.1 Å². The van der Waals surface area contributed by atoms with Crippen LogP contribution in [0.25, 0.3) is 0 Å². The first-order chi connectivity index (χ1) is 9.76. The third-order valence-electron chi connectivity index (χ3n) is 4.29. The lowest BCUT2D eigenvalue weighted by molar-refractivity contribution is -0.119. The number of benzene rings is 1. The summed E-state index contributed by atoms with van der Waals surface area (Å²) in [5, 5.41) is 2.82. The zero-order chi connectivity index (χ0) is 15.7. The highest BCUT2D eigenvalue weighted by atomic mass is 32.2. The summed E-state index contributed by atoms with van der Waals surface area (Å²) in [6.45, 7) is 2.35. The molecule has 3 N–H and O–H groups in total. The van der Waals surface area contributed by atoms with Gasteiger partial charge in [0.25, 0.3) is 0 Å². The fourth-order valence-corrected chi connectivity index (χ4v) is 3.28. The molecule has 0 atom stereocenters. The van der Waals surface area contributed by atoms with Gasteiger partial charge in [-0.3, -0.25) is 4.79 Å². The first-order valence-electron chi connectivity index (χ1n) is 7.06. The van der Waals surface area contributed by atoms with Gasteiger partial charge in [0, 0.05) is 18.4 Å². The standard InChI is InChI=1S/C15H22N2O3S/c1-11-4-5-12(21(2,19)20)8-13(11)17-14(18)9-15(10-16)6-3-7-15/h4-5,8H,3,6-7,9-10,16H2,1-2H3,(H,17,18). The second kappa shape index (κ2) is 5.77. The van der Waals surface area contributed by atoms with E-state index in [0.717, 1.165) is 31.1 Å². The zero-order valence-electron chi connectivity index (χ0n) is 12.5. The molecule has 1 aromatic carbocycles. The van der Waals surface area contributed by atoms with Crippen LogP contribution >= 0.6 is 0 Å². The molecule has 1 amide bonds. The zero-order valence-corrected chi connectivity index (χ0v) is 13.3. The summed E-state index contributed by atoms with van der Waals surface area (Å²) < 4.78 is 23.2. The molecule has 0 spiro atoms. The lowest BCUT2D eigenvalue weighted by Gasteiger charge is -2.40. The number of carbonyl (C=O) groups is 1. The summed E-state index contributed by atoms with van der Waals surface area (Å²) >= 11 is 0. The number of anilines is 1. The molecular formula is C15H22N2O3S. The van der Waals surface area contributed by atoms with E-state index < -0.39 is 9.84 Å². The van der Waals surface area contributed by atoms with E-state index in [0.29, 0.717) is 18.7 Å². The molecule has 1 saturated carbocycles. The average Bonchev–Trinajstić information content (AvgIpc) is 2.35. The van der Waals surface area contributed by atoms with Crippen LogP contribution < -0.4 is 11.1 Å². The predicted molar refractivity (Wildman–Crippen MR) is 82.9 cm³/mol. The topological polar surface area (TPSA) is 89.3 Å². The number of amides is 1. The fourth-order valence-electron chi connectivity index (χ4n) is 2.63. The lowest BCUT2D eigenvalue weighted by atomic mass is 9.66. The molecular weight excluding hydrogens is 288 g/mol. The normalized spacial score (nSPS) is 17.1. The van der Waals surface area contributed by atoms with Gasteiger partial charge in [0.2, 0.25) is 5.91 Å². The Bertz CT molecular complexity index is 643. The van der Waals surface area contributed by atoms with E-state index in [2.05, 4.69) is 5.32 Å². The van der Waals surface area contributed by atoms with Crippen LogP contribution in [0.2, 0.25) is 0 Å².